The minimum Gasteiger partial charge on any atom is -0.507 e. The lowest BCUT2D eigenvalue weighted by atomic mass is 9.95. The molecule has 0 spiro atoms. The van der Waals surface area contributed by atoms with E-state index in [2.05, 4.69) is 4.90 Å². The third-order valence-electron chi connectivity index (χ3n) is 6.06. The van der Waals surface area contributed by atoms with Crippen LogP contribution in [0.15, 0.2) is 54.1 Å². The first kappa shape index (κ1) is 23.3. The summed E-state index contributed by atoms with van der Waals surface area (Å²) in [6.07, 6.45) is 0.713. The van der Waals surface area contributed by atoms with Crippen molar-refractivity contribution in [3.8, 4) is 5.75 Å². The van der Waals surface area contributed by atoms with E-state index in [-0.39, 0.29) is 11.3 Å². The molecule has 4 rings (SSSR count). The first-order chi connectivity index (χ1) is 16.0. The van der Waals surface area contributed by atoms with Gasteiger partial charge in [0.05, 0.1) is 37.0 Å². The minimum atomic E-state index is -0.695. The van der Waals surface area contributed by atoms with Gasteiger partial charge in [-0.1, -0.05) is 41.9 Å². The van der Waals surface area contributed by atoms with Crippen molar-refractivity contribution >= 4 is 29.1 Å². The maximum atomic E-state index is 13.1. The Bertz CT molecular complexity index is 1050. The predicted octanol–water partition coefficient (Wildman–Crippen LogP) is 3.49. The summed E-state index contributed by atoms with van der Waals surface area (Å²) in [4.78, 5) is 30.0. The molecule has 0 saturated carbocycles. The highest BCUT2D eigenvalue weighted by molar-refractivity contribution is 6.46. The maximum absolute atomic E-state index is 13.1. The highest BCUT2D eigenvalue weighted by Crippen LogP contribution is 2.40. The number of nitrogens with zero attached hydrogens (tertiary/aromatic N) is 2. The standard InChI is InChI=1S/C25H27ClN2O5/c1-32-20-9-8-18(16-19(20)26)23(29)21-22(17-6-3-2-4-7-17)28(25(31)24(21)30)11-5-10-27-12-14-33-15-13-27/h2-4,6-9,16,22,29H,5,10-15H2,1H3/t22-/m1/s1. The molecule has 2 fully saturated rings. The molecule has 2 heterocycles. The van der Waals surface area contributed by atoms with Gasteiger partial charge in [-0.2, -0.15) is 0 Å². The number of carbonyl (C=O) groups excluding carboxylic acids is 2. The molecular weight excluding hydrogens is 444 g/mol. The van der Waals surface area contributed by atoms with Gasteiger partial charge in [0.2, 0.25) is 0 Å². The predicted molar refractivity (Wildman–Crippen MR) is 125 cm³/mol. The van der Waals surface area contributed by atoms with E-state index in [1.807, 2.05) is 30.3 Å². The number of hydrogen-bond acceptors (Lipinski definition) is 6. The van der Waals surface area contributed by atoms with E-state index < -0.39 is 17.7 Å². The lowest BCUT2D eigenvalue weighted by Gasteiger charge is -2.29. The Balaban J connectivity index is 1.66. The maximum Gasteiger partial charge on any atom is 0.295 e. The van der Waals surface area contributed by atoms with Gasteiger partial charge in [-0.25, -0.2) is 0 Å². The quantitative estimate of drug-likeness (QED) is 0.379. The van der Waals surface area contributed by atoms with Crippen LogP contribution in [0, 0.1) is 0 Å². The van der Waals surface area contributed by atoms with Crippen LogP contribution in [0.3, 0.4) is 0 Å². The van der Waals surface area contributed by atoms with Crippen LogP contribution in [-0.2, 0) is 14.3 Å². The molecule has 0 aliphatic carbocycles. The Hall–Kier alpha value is -2.87. The third-order valence-corrected chi connectivity index (χ3v) is 6.35. The van der Waals surface area contributed by atoms with Crippen LogP contribution >= 0.6 is 11.6 Å². The number of rotatable bonds is 7. The lowest BCUT2D eigenvalue weighted by molar-refractivity contribution is -0.140. The molecule has 33 heavy (non-hydrogen) atoms. The van der Waals surface area contributed by atoms with Crippen molar-refractivity contribution in [2.45, 2.75) is 12.5 Å². The minimum absolute atomic E-state index is 0.0683. The molecule has 0 bridgehead atoms. The Morgan fingerprint density at radius 1 is 1.12 bits per heavy atom. The largest absolute Gasteiger partial charge is 0.507 e. The van der Waals surface area contributed by atoms with Crippen molar-refractivity contribution in [3.63, 3.8) is 0 Å². The van der Waals surface area contributed by atoms with Crippen LogP contribution in [-0.4, -0.2) is 73.1 Å². The molecule has 7 nitrogen and oxygen atoms in total. The number of amides is 1. The van der Waals surface area contributed by atoms with Gasteiger partial charge < -0.3 is 19.5 Å². The highest BCUT2D eigenvalue weighted by atomic mass is 35.5. The number of likely N-dealkylation sites (tertiary alicyclic amines) is 1. The fourth-order valence-electron chi connectivity index (χ4n) is 4.35. The van der Waals surface area contributed by atoms with Crippen LogP contribution in [0.5, 0.6) is 5.75 Å². The van der Waals surface area contributed by atoms with Crippen molar-refractivity contribution in [2.24, 2.45) is 0 Å². The van der Waals surface area contributed by atoms with E-state index >= 15 is 0 Å². The molecule has 1 N–H and O–H groups in total. The number of hydrogen-bond donors (Lipinski definition) is 1. The summed E-state index contributed by atoms with van der Waals surface area (Å²) in [6, 6.07) is 13.4. The molecule has 174 valence electrons. The average molecular weight is 471 g/mol. The lowest BCUT2D eigenvalue weighted by Crippen LogP contribution is -2.38. The van der Waals surface area contributed by atoms with Crippen molar-refractivity contribution < 1.29 is 24.2 Å². The average Bonchev–Trinajstić information content (AvgIpc) is 3.10. The van der Waals surface area contributed by atoms with E-state index in [1.54, 1.807) is 17.0 Å². The van der Waals surface area contributed by atoms with E-state index in [0.29, 0.717) is 42.5 Å². The Kier molecular flexibility index (Phi) is 7.33. The molecule has 1 amide bonds. The molecule has 1 atom stereocenters. The molecule has 8 heteroatoms. The zero-order valence-corrected chi connectivity index (χ0v) is 19.3. The fraction of sp³-hybridized carbons (Fsp3) is 0.360. The van der Waals surface area contributed by atoms with Gasteiger partial charge in [-0.05, 0) is 30.2 Å². The van der Waals surface area contributed by atoms with Crippen molar-refractivity contribution in [2.75, 3.05) is 46.5 Å². The molecule has 2 aliphatic heterocycles. The van der Waals surface area contributed by atoms with Gasteiger partial charge in [-0.3, -0.25) is 14.5 Å². The normalized spacial score (nSPS) is 20.9. The summed E-state index contributed by atoms with van der Waals surface area (Å²) >= 11 is 6.24. The van der Waals surface area contributed by atoms with Crippen molar-refractivity contribution in [1.29, 1.82) is 0 Å². The van der Waals surface area contributed by atoms with Gasteiger partial charge in [0.25, 0.3) is 11.7 Å². The number of aliphatic hydroxyl groups is 1. The first-order valence-electron chi connectivity index (χ1n) is 11.0. The van der Waals surface area contributed by atoms with Crippen molar-refractivity contribution in [1.82, 2.24) is 9.80 Å². The van der Waals surface area contributed by atoms with Crippen LogP contribution in [0.25, 0.3) is 5.76 Å². The molecule has 0 aromatic heterocycles. The Morgan fingerprint density at radius 3 is 2.52 bits per heavy atom. The van der Waals surface area contributed by atoms with Gasteiger partial charge in [0, 0.05) is 31.7 Å². The number of ketones is 1. The molecular formula is C25H27ClN2O5. The summed E-state index contributed by atoms with van der Waals surface area (Å²) in [5, 5.41) is 11.4. The topological polar surface area (TPSA) is 79.3 Å². The summed E-state index contributed by atoms with van der Waals surface area (Å²) in [5.41, 5.74) is 1.19. The fourth-order valence-corrected chi connectivity index (χ4v) is 4.61. The van der Waals surface area contributed by atoms with E-state index in [1.165, 1.54) is 13.2 Å². The molecule has 2 saturated heterocycles. The summed E-state index contributed by atoms with van der Waals surface area (Å²) < 4.78 is 10.6. The second kappa shape index (κ2) is 10.4. The van der Waals surface area contributed by atoms with Crippen molar-refractivity contribution in [3.05, 3.63) is 70.3 Å². The van der Waals surface area contributed by atoms with Crippen LogP contribution in [0.2, 0.25) is 5.02 Å². The number of carbonyl (C=O) groups is 2. The van der Waals surface area contributed by atoms with E-state index in [4.69, 9.17) is 21.1 Å². The van der Waals surface area contributed by atoms with Crippen LogP contribution in [0.4, 0.5) is 0 Å². The van der Waals surface area contributed by atoms with E-state index in [0.717, 1.165) is 25.2 Å². The molecule has 2 aromatic carbocycles. The number of morpholine rings is 1. The smallest absolute Gasteiger partial charge is 0.295 e. The SMILES string of the molecule is COc1ccc(C(O)=C2C(=O)C(=O)N(CCCN3CCOCC3)[C@@H]2c2ccccc2)cc1Cl. The number of benzene rings is 2. The zero-order valence-electron chi connectivity index (χ0n) is 18.5. The van der Waals surface area contributed by atoms with Gasteiger partial charge in [0.15, 0.2) is 0 Å². The molecule has 0 radical (unpaired) electrons. The second-order valence-electron chi connectivity index (χ2n) is 8.06. The number of Topliss-reactive ketones (excluding diaryl/α,β-unsaturated/α-hetero) is 1. The monoisotopic (exact) mass is 470 g/mol. The van der Waals surface area contributed by atoms with Gasteiger partial charge in [0.1, 0.15) is 11.5 Å². The molecule has 0 unspecified atom stereocenters. The first-order valence-corrected chi connectivity index (χ1v) is 11.4. The second-order valence-corrected chi connectivity index (χ2v) is 8.47. The van der Waals surface area contributed by atoms with Crippen LogP contribution < -0.4 is 4.74 Å². The number of ether oxygens (including phenoxy) is 2. The van der Waals surface area contributed by atoms with Gasteiger partial charge >= 0.3 is 0 Å². The summed E-state index contributed by atoms with van der Waals surface area (Å²) in [5.74, 6) is -1.09. The number of aliphatic hydroxyl groups excluding tert-OH is 1. The third kappa shape index (κ3) is 4.90. The Morgan fingerprint density at radius 2 is 1.85 bits per heavy atom. The number of halogens is 1. The summed E-state index contributed by atoms with van der Waals surface area (Å²) in [6.45, 7) is 4.35. The summed E-state index contributed by atoms with van der Waals surface area (Å²) in [7, 11) is 1.50. The highest BCUT2D eigenvalue weighted by Gasteiger charge is 2.45. The van der Waals surface area contributed by atoms with E-state index in [9.17, 15) is 14.7 Å². The van der Waals surface area contributed by atoms with Gasteiger partial charge in [-0.15, -0.1) is 0 Å². The Labute approximate surface area is 198 Å². The van der Waals surface area contributed by atoms with Crippen LogP contribution in [0.1, 0.15) is 23.6 Å². The zero-order chi connectivity index (χ0) is 23.4. The molecule has 2 aromatic rings. The number of methoxy groups -OCH3 is 1. The molecule has 2 aliphatic rings.